The maximum absolute atomic E-state index is 13.4. The average molecular weight is 424 g/mol. The first-order valence-electron chi connectivity index (χ1n) is 9.95. The Morgan fingerprint density at radius 3 is 2.83 bits per heavy atom. The quantitative estimate of drug-likeness (QED) is 0.362. The molecule has 0 saturated carbocycles. The van der Waals surface area contributed by atoms with Gasteiger partial charge in [-0.1, -0.05) is 41.5 Å². The van der Waals surface area contributed by atoms with Gasteiger partial charge in [0.2, 0.25) is 0 Å². The number of rotatable bonds is 3. The lowest BCUT2D eigenvalue weighted by Gasteiger charge is -2.18. The van der Waals surface area contributed by atoms with E-state index in [9.17, 15) is 4.79 Å². The number of thioether (sulfide) groups is 1. The number of hydrogen-bond acceptors (Lipinski definition) is 6. The van der Waals surface area contributed by atoms with Crippen LogP contribution in [0, 0.1) is 0 Å². The van der Waals surface area contributed by atoms with Crippen molar-refractivity contribution >= 4 is 44.4 Å². The highest BCUT2D eigenvalue weighted by Crippen LogP contribution is 2.47. The zero-order valence-electron chi connectivity index (χ0n) is 15.9. The molecule has 0 atom stereocenters. The minimum absolute atomic E-state index is 0.118. The van der Waals surface area contributed by atoms with Gasteiger partial charge in [-0.25, -0.2) is 4.98 Å². The maximum atomic E-state index is 13.4. The first kappa shape index (κ1) is 18.6. The van der Waals surface area contributed by atoms with Gasteiger partial charge in [0, 0.05) is 27.6 Å². The van der Waals surface area contributed by atoms with Crippen LogP contribution in [0.4, 0.5) is 0 Å². The van der Waals surface area contributed by atoms with Crippen LogP contribution in [0.25, 0.3) is 15.1 Å². The number of aryl methyl sites for hydroxylation is 2. The number of benzene rings is 1. The molecule has 0 fully saturated rings. The van der Waals surface area contributed by atoms with Gasteiger partial charge in [0.1, 0.15) is 10.7 Å². The topological polar surface area (TPSA) is 67.5 Å². The minimum Gasteiger partial charge on any atom is -0.411 e. The van der Waals surface area contributed by atoms with E-state index in [-0.39, 0.29) is 5.56 Å². The smallest absolute Gasteiger partial charge is 0.262 e. The second kappa shape index (κ2) is 7.80. The molecule has 1 aromatic carbocycles. The number of fused-ring (bicyclic) bond motifs is 4. The van der Waals surface area contributed by atoms with Crippen LogP contribution in [-0.4, -0.2) is 21.0 Å². The Kier molecular flexibility index (Phi) is 5.01. The molecule has 0 unspecified atom stereocenters. The molecular weight excluding hydrogens is 402 g/mol. The number of nitrogens with zero attached hydrogens (tertiary/aromatic N) is 3. The van der Waals surface area contributed by atoms with Crippen LogP contribution in [0.1, 0.15) is 41.9 Å². The molecule has 0 radical (unpaired) electrons. The molecule has 1 aliphatic heterocycles. The van der Waals surface area contributed by atoms with Crippen molar-refractivity contribution < 1.29 is 5.21 Å². The van der Waals surface area contributed by atoms with E-state index in [0.717, 1.165) is 86.9 Å². The molecule has 3 aromatic rings. The van der Waals surface area contributed by atoms with Crippen LogP contribution in [0.15, 0.2) is 50.8 Å². The Bertz CT molecular complexity index is 1190. The molecule has 0 spiro atoms. The van der Waals surface area contributed by atoms with Crippen LogP contribution < -0.4 is 5.56 Å². The third-order valence-corrected chi connectivity index (χ3v) is 8.04. The van der Waals surface area contributed by atoms with E-state index in [1.807, 2.05) is 22.8 Å². The van der Waals surface area contributed by atoms with Crippen LogP contribution in [-0.2, 0) is 19.4 Å². The zero-order chi connectivity index (χ0) is 19.8. The summed E-state index contributed by atoms with van der Waals surface area (Å²) in [5.41, 5.74) is 2.23. The van der Waals surface area contributed by atoms with E-state index in [0.29, 0.717) is 0 Å². The lowest BCUT2D eigenvalue weighted by atomic mass is 9.97. The summed E-state index contributed by atoms with van der Waals surface area (Å²) in [4.78, 5) is 22.4. The monoisotopic (exact) mass is 423 g/mol. The fraction of sp³-hybridized carbons (Fsp3) is 0.318. The fourth-order valence-electron chi connectivity index (χ4n) is 4.18. The molecule has 7 heteroatoms. The highest BCUT2D eigenvalue weighted by atomic mass is 32.2. The molecule has 0 saturated heterocycles. The SMILES string of the molecule is O=c1c2c3c(sc2nc2n1CCCCC2)C(Sc1ccccc1)=C(/C=N/O)CC3. The summed E-state index contributed by atoms with van der Waals surface area (Å²) >= 11 is 3.27. The Hall–Kier alpha value is -2.38. The van der Waals surface area contributed by atoms with E-state index in [1.54, 1.807) is 23.1 Å². The van der Waals surface area contributed by atoms with Crippen LogP contribution in [0.2, 0.25) is 0 Å². The predicted octanol–water partition coefficient (Wildman–Crippen LogP) is 5.09. The molecule has 2 aromatic heterocycles. The van der Waals surface area contributed by atoms with Crippen molar-refractivity contribution in [1.29, 1.82) is 0 Å². The number of aromatic nitrogens is 2. The van der Waals surface area contributed by atoms with E-state index in [4.69, 9.17) is 10.2 Å². The van der Waals surface area contributed by atoms with Crippen molar-refractivity contribution in [3.63, 3.8) is 0 Å². The highest BCUT2D eigenvalue weighted by molar-refractivity contribution is 8.08. The summed E-state index contributed by atoms with van der Waals surface area (Å²) in [6, 6.07) is 10.2. The van der Waals surface area contributed by atoms with Gasteiger partial charge in [-0.3, -0.25) is 9.36 Å². The van der Waals surface area contributed by atoms with Gasteiger partial charge < -0.3 is 5.21 Å². The number of thiophene rings is 1. The molecule has 29 heavy (non-hydrogen) atoms. The molecule has 0 amide bonds. The van der Waals surface area contributed by atoms with E-state index in [1.165, 1.54) is 6.21 Å². The highest BCUT2D eigenvalue weighted by Gasteiger charge is 2.27. The van der Waals surface area contributed by atoms with Gasteiger partial charge in [0.15, 0.2) is 0 Å². The first-order valence-corrected chi connectivity index (χ1v) is 11.6. The first-order chi connectivity index (χ1) is 14.3. The average Bonchev–Trinajstić information content (AvgIpc) is 2.94. The standard InChI is InChI=1S/C22H21N3O2S2/c26-22-18-16-11-10-14(13-23-27)19(28-15-7-3-1-4-8-15)20(16)29-21(18)24-17-9-5-2-6-12-25(17)22/h1,3-4,7-8,13,27H,2,5-6,9-12H2/b23-13+. The van der Waals surface area contributed by atoms with Gasteiger partial charge in [-0.05, 0) is 49.0 Å². The number of oxime groups is 1. The summed E-state index contributed by atoms with van der Waals surface area (Å²) < 4.78 is 1.90. The van der Waals surface area contributed by atoms with Gasteiger partial charge >= 0.3 is 0 Å². The maximum Gasteiger partial charge on any atom is 0.262 e. The number of hydrogen-bond donors (Lipinski definition) is 1. The fourth-order valence-corrected chi connectivity index (χ4v) is 6.67. The van der Waals surface area contributed by atoms with E-state index >= 15 is 0 Å². The summed E-state index contributed by atoms with van der Waals surface area (Å²) in [6.45, 7) is 0.769. The van der Waals surface area contributed by atoms with Crippen molar-refractivity contribution in [1.82, 2.24) is 9.55 Å². The lowest BCUT2D eigenvalue weighted by Crippen LogP contribution is -2.24. The molecule has 148 valence electrons. The molecule has 1 N–H and O–H groups in total. The second-order valence-electron chi connectivity index (χ2n) is 7.40. The van der Waals surface area contributed by atoms with Crippen molar-refractivity contribution in [3.05, 3.63) is 62.5 Å². The van der Waals surface area contributed by atoms with Crippen molar-refractivity contribution in [2.45, 2.75) is 50.0 Å². The normalized spacial score (nSPS) is 16.8. The molecule has 1 aliphatic carbocycles. The number of allylic oxidation sites excluding steroid dienone is 1. The van der Waals surface area contributed by atoms with Crippen LogP contribution >= 0.6 is 23.1 Å². The summed E-state index contributed by atoms with van der Waals surface area (Å²) in [7, 11) is 0. The largest absolute Gasteiger partial charge is 0.411 e. The molecule has 2 aliphatic rings. The van der Waals surface area contributed by atoms with E-state index < -0.39 is 0 Å². The molecule has 5 nitrogen and oxygen atoms in total. The summed E-state index contributed by atoms with van der Waals surface area (Å²) in [5.74, 6) is 0.928. The van der Waals surface area contributed by atoms with E-state index in [2.05, 4.69) is 17.3 Å². The Morgan fingerprint density at radius 2 is 2.00 bits per heavy atom. The second-order valence-corrected chi connectivity index (χ2v) is 9.48. The third-order valence-electron chi connectivity index (χ3n) is 5.59. The van der Waals surface area contributed by atoms with Crippen LogP contribution in [0.5, 0.6) is 0 Å². The summed E-state index contributed by atoms with van der Waals surface area (Å²) in [5, 5.41) is 13.3. The molecule has 5 rings (SSSR count). The van der Waals surface area contributed by atoms with Gasteiger partial charge in [0.05, 0.1) is 11.6 Å². The van der Waals surface area contributed by atoms with Gasteiger partial charge in [0.25, 0.3) is 5.56 Å². The summed E-state index contributed by atoms with van der Waals surface area (Å²) in [6.07, 6.45) is 7.21. The zero-order valence-corrected chi connectivity index (χ0v) is 17.6. The molecule has 3 heterocycles. The molecule has 0 bridgehead atoms. The third kappa shape index (κ3) is 3.32. The van der Waals surface area contributed by atoms with Crippen molar-refractivity contribution in [2.75, 3.05) is 0 Å². The Morgan fingerprint density at radius 1 is 1.14 bits per heavy atom. The van der Waals surface area contributed by atoms with Crippen molar-refractivity contribution in [3.8, 4) is 0 Å². The van der Waals surface area contributed by atoms with Gasteiger partial charge in [-0.2, -0.15) is 0 Å². The molecular formula is C22H21N3O2S2. The lowest BCUT2D eigenvalue weighted by molar-refractivity contribution is 0.321. The predicted molar refractivity (Wildman–Crippen MR) is 119 cm³/mol. The minimum atomic E-state index is 0.118. The van der Waals surface area contributed by atoms with Crippen LogP contribution in [0.3, 0.4) is 0 Å². The Balaban J connectivity index is 1.71. The Labute approximate surface area is 176 Å². The van der Waals surface area contributed by atoms with Gasteiger partial charge in [-0.15, -0.1) is 11.3 Å². The van der Waals surface area contributed by atoms with Crippen molar-refractivity contribution in [2.24, 2.45) is 5.16 Å².